The van der Waals surface area contributed by atoms with Crippen molar-refractivity contribution in [2.45, 2.75) is 31.1 Å². The molecular formula is C9H18N2O3. The van der Waals surface area contributed by atoms with Crippen LogP contribution >= 0.6 is 0 Å². The number of fused-ring (bicyclic) bond motifs is 1. The van der Waals surface area contributed by atoms with E-state index in [0.29, 0.717) is 6.54 Å². The zero-order valence-corrected chi connectivity index (χ0v) is 8.21. The largest absolute Gasteiger partial charge is 0.395 e. The summed E-state index contributed by atoms with van der Waals surface area (Å²) in [5.41, 5.74) is 0. The maximum atomic E-state index is 9.70. The second-order valence-electron chi connectivity index (χ2n) is 4.09. The van der Waals surface area contributed by atoms with Gasteiger partial charge in [-0.15, -0.1) is 0 Å². The van der Waals surface area contributed by atoms with E-state index in [2.05, 4.69) is 0 Å². The van der Waals surface area contributed by atoms with Crippen LogP contribution in [0.25, 0.3) is 0 Å². The Balaban J connectivity index is 2.10. The summed E-state index contributed by atoms with van der Waals surface area (Å²) in [6.07, 6.45) is 0.656. The molecule has 5 heteroatoms. The fraction of sp³-hybridized carbons (Fsp3) is 1.00. The van der Waals surface area contributed by atoms with E-state index in [1.54, 1.807) is 0 Å². The first-order valence-corrected chi connectivity index (χ1v) is 5.22. The van der Waals surface area contributed by atoms with Crippen molar-refractivity contribution in [1.29, 1.82) is 0 Å². The molecule has 0 saturated carbocycles. The van der Waals surface area contributed by atoms with Crippen molar-refractivity contribution < 1.29 is 15.3 Å². The zero-order chi connectivity index (χ0) is 10.1. The van der Waals surface area contributed by atoms with Crippen molar-refractivity contribution in [1.82, 2.24) is 10.0 Å². The molecule has 0 aromatic carbocycles. The number of hydrogen-bond donors (Lipinski definition) is 3. The molecule has 2 rings (SSSR count). The van der Waals surface area contributed by atoms with Crippen LogP contribution in [0.15, 0.2) is 0 Å². The van der Waals surface area contributed by atoms with Gasteiger partial charge in [0, 0.05) is 19.6 Å². The van der Waals surface area contributed by atoms with Crippen LogP contribution in [-0.2, 0) is 0 Å². The zero-order valence-electron chi connectivity index (χ0n) is 8.21. The van der Waals surface area contributed by atoms with Crippen LogP contribution < -0.4 is 0 Å². The first kappa shape index (κ1) is 10.3. The average molecular weight is 202 g/mol. The van der Waals surface area contributed by atoms with Crippen molar-refractivity contribution in [3.63, 3.8) is 0 Å². The fourth-order valence-corrected chi connectivity index (χ4v) is 2.37. The minimum Gasteiger partial charge on any atom is -0.395 e. The number of hydrazine groups is 1. The molecule has 2 heterocycles. The molecule has 5 nitrogen and oxygen atoms in total. The van der Waals surface area contributed by atoms with Crippen molar-refractivity contribution in [3.8, 4) is 0 Å². The Morgan fingerprint density at radius 2 is 1.86 bits per heavy atom. The molecule has 0 aromatic heterocycles. The Labute approximate surface area is 83.5 Å². The van der Waals surface area contributed by atoms with Crippen molar-refractivity contribution in [3.05, 3.63) is 0 Å². The molecule has 0 spiro atoms. The summed E-state index contributed by atoms with van der Waals surface area (Å²) in [4.78, 5) is 0. The summed E-state index contributed by atoms with van der Waals surface area (Å²) in [6, 6.07) is -0.334. The lowest BCUT2D eigenvalue weighted by Gasteiger charge is -2.50. The minimum atomic E-state index is -0.825. The first-order chi connectivity index (χ1) is 6.74. The molecule has 2 fully saturated rings. The molecule has 3 N–H and O–H groups in total. The lowest BCUT2D eigenvalue weighted by atomic mass is 10.0. The predicted octanol–water partition coefficient (Wildman–Crippen LogP) is -1.60. The maximum Gasteiger partial charge on any atom is 0.100 e. The van der Waals surface area contributed by atoms with Crippen LogP contribution in [0.5, 0.6) is 0 Å². The minimum absolute atomic E-state index is 0.102. The molecule has 0 bridgehead atoms. The summed E-state index contributed by atoms with van der Waals surface area (Å²) in [7, 11) is 0. The van der Waals surface area contributed by atoms with Crippen LogP contribution in [0, 0.1) is 0 Å². The average Bonchev–Trinajstić information content (AvgIpc) is 2.20. The number of aliphatic hydroxyl groups excluding tert-OH is 3. The number of rotatable bonds is 1. The summed E-state index contributed by atoms with van der Waals surface area (Å²) in [6.45, 7) is 2.17. The Morgan fingerprint density at radius 1 is 1.14 bits per heavy atom. The topological polar surface area (TPSA) is 67.2 Å². The lowest BCUT2D eigenvalue weighted by molar-refractivity contribution is -0.201. The molecule has 0 aliphatic carbocycles. The maximum absolute atomic E-state index is 9.70. The molecule has 82 valence electrons. The normalized spacial score (nSPS) is 40.9. The van der Waals surface area contributed by atoms with Gasteiger partial charge in [0.1, 0.15) is 6.10 Å². The molecule has 0 radical (unpaired) electrons. The van der Waals surface area contributed by atoms with Crippen LogP contribution in [0.3, 0.4) is 0 Å². The van der Waals surface area contributed by atoms with Gasteiger partial charge in [0.2, 0.25) is 0 Å². The SMILES string of the molecule is OC[C@@H]1[C@@H](O)[C@H](O)CN2CCCCN12. The molecule has 14 heavy (non-hydrogen) atoms. The van der Waals surface area contributed by atoms with Crippen LogP contribution in [0.1, 0.15) is 12.8 Å². The van der Waals surface area contributed by atoms with Crippen molar-refractivity contribution in [2.24, 2.45) is 0 Å². The molecule has 2 saturated heterocycles. The highest BCUT2D eigenvalue weighted by Crippen LogP contribution is 2.23. The highest BCUT2D eigenvalue weighted by Gasteiger charge is 2.40. The summed E-state index contributed by atoms with van der Waals surface area (Å²) in [5.74, 6) is 0. The van der Waals surface area contributed by atoms with E-state index in [9.17, 15) is 15.3 Å². The Morgan fingerprint density at radius 3 is 2.57 bits per heavy atom. The van der Waals surface area contributed by atoms with Crippen LogP contribution in [-0.4, -0.2) is 69.8 Å². The van der Waals surface area contributed by atoms with E-state index < -0.39 is 12.2 Å². The summed E-state index contributed by atoms with van der Waals surface area (Å²) in [5, 5.41) is 32.5. The van der Waals surface area contributed by atoms with E-state index in [-0.39, 0.29) is 12.6 Å². The predicted molar refractivity (Wildman–Crippen MR) is 50.4 cm³/mol. The smallest absolute Gasteiger partial charge is 0.100 e. The molecular weight excluding hydrogens is 184 g/mol. The lowest BCUT2D eigenvalue weighted by Crippen LogP contribution is -2.66. The second kappa shape index (κ2) is 4.12. The fourth-order valence-electron chi connectivity index (χ4n) is 2.37. The Kier molecular flexibility index (Phi) is 3.04. The van der Waals surface area contributed by atoms with Crippen molar-refractivity contribution >= 4 is 0 Å². The van der Waals surface area contributed by atoms with Gasteiger partial charge in [0.25, 0.3) is 0 Å². The summed E-state index contributed by atoms with van der Waals surface area (Å²) < 4.78 is 0. The molecule has 0 amide bonds. The van der Waals surface area contributed by atoms with Crippen molar-refractivity contribution in [2.75, 3.05) is 26.2 Å². The van der Waals surface area contributed by atoms with E-state index >= 15 is 0 Å². The van der Waals surface area contributed by atoms with Gasteiger partial charge in [-0.2, -0.15) is 0 Å². The van der Waals surface area contributed by atoms with Gasteiger partial charge in [-0.05, 0) is 12.8 Å². The Hall–Kier alpha value is -0.200. The molecule has 0 aromatic rings. The van der Waals surface area contributed by atoms with E-state index in [4.69, 9.17) is 0 Å². The number of hydrogen-bond acceptors (Lipinski definition) is 5. The third-order valence-corrected chi connectivity index (χ3v) is 3.17. The molecule has 2 aliphatic heterocycles. The quantitative estimate of drug-likeness (QED) is 0.477. The highest BCUT2D eigenvalue weighted by atomic mass is 16.3. The summed E-state index contributed by atoms with van der Waals surface area (Å²) >= 11 is 0. The van der Waals surface area contributed by atoms with Gasteiger partial charge in [-0.3, -0.25) is 0 Å². The third-order valence-electron chi connectivity index (χ3n) is 3.17. The van der Waals surface area contributed by atoms with Crippen LogP contribution in [0.2, 0.25) is 0 Å². The Bertz CT molecular complexity index is 202. The van der Waals surface area contributed by atoms with Gasteiger partial charge in [-0.1, -0.05) is 0 Å². The van der Waals surface area contributed by atoms with Crippen LogP contribution in [0.4, 0.5) is 0 Å². The highest BCUT2D eigenvalue weighted by molar-refractivity contribution is 4.90. The molecule has 2 aliphatic rings. The number of nitrogens with zero attached hydrogens (tertiary/aromatic N) is 2. The van der Waals surface area contributed by atoms with Gasteiger partial charge < -0.3 is 15.3 Å². The van der Waals surface area contributed by atoms with Gasteiger partial charge >= 0.3 is 0 Å². The van der Waals surface area contributed by atoms with Gasteiger partial charge in [0.05, 0.1) is 18.8 Å². The molecule has 0 unspecified atom stereocenters. The van der Waals surface area contributed by atoms with Gasteiger partial charge in [-0.25, -0.2) is 10.0 Å². The van der Waals surface area contributed by atoms with E-state index in [0.717, 1.165) is 25.9 Å². The van der Waals surface area contributed by atoms with Gasteiger partial charge in [0.15, 0.2) is 0 Å². The first-order valence-electron chi connectivity index (χ1n) is 5.22. The monoisotopic (exact) mass is 202 g/mol. The second-order valence-corrected chi connectivity index (χ2v) is 4.09. The third kappa shape index (κ3) is 1.66. The van der Waals surface area contributed by atoms with E-state index in [1.807, 2.05) is 10.0 Å². The number of aliphatic hydroxyl groups is 3. The van der Waals surface area contributed by atoms with E-state index in [1.165, 1.54) is 0 Å². The standard InChI is InChI=1S/C9H18N2O3/c12-6-7-9(14)8(13)5-10-3-1-2-4-11(7)10/h7-9,12-14H,1-6H2/t7-,8-,9-/m1/s1. The molecule has 3 atom stereocenters.